The Bertz CT molecular complexity index is 653. The number of aliphatic hydroxyl groups excluding tert-OH is 3. The van der Waals surface area contributed by atoms with Gasteiger partial charge in [0, 0.05) is 0 Å². The van der Waals surface area contributed by atoms with Gasteiger partial charge in [-0.05, 0) is 0 Å². The Kier molecular flexibility index (Phi) is 5.73. The molecule has 0 aromatic carbocycles. The van der Waals surface area contributed by atoms with E-state index < -0.39 is 39.7 Å². The van der Waals surface area contributed by atoms with Gasteiger partial charge in [-0.3, -0.25) is 10.1 Å². The van der Waals surface area contributed by atoms with Gasteiger partial charge in [-0.1, -0.05) is 0 Å². The number of nitrogen functional groups attached to an aromatic ring is 1. The number of rotatable bonds is 2. The Morgan fingerprint density at radius 2 is 1.87 bits per heavy atom. The van der Waals surface area contributed by atoms with Gasteiger partial charge in [-0.2, -0.15) is 0 Å². The smallest absolute Gasteiger partial charge is 0.247 e. The summed E-state index contributed by atoms with van der Waals surface area (Å²) in [5.74, 6) is 0.218. The van der Waals surface area contributed by atoms with Crippen molar-refractivity contribution in [2.75, 3.05) is 12.3 Å². The van der Waals surface area contributed by atoms with Crippen LogP contribution in [0, 0.1) is 0 Å². The molecule has 23 heavy (non-hydrogen) atoms. The highest BCUT2D eigenvalue weighted by Crippen LogP contribution is 2.31. The largest absolute Gasteiger partial charge is 0.394 e. The van der Waals surface area contributed by atoms with E-state index >= 15 is 0 Å². The Labute approximate surface area is 131 Å². The van der Waals surface area contributed by atoms with Crippen LogP contribution in [0.4, 0.5) is 5.82 Å². The van der Waals surface area contributed by atoms with Crippen LogP contribution in [0.15, 0.2) is 12.7 Å². The van der Waals surface area contributed by atoms with Crippen molar-refractivity contribution in [1.82, 2.24) is 19.5 Å². The molecular formula is C10H17N6O6P. The van der Waals surface area contributed by atoms with Crippen LogP contribution in [0.2, 0.25) is 0 Å². The number of fused-ring (bicyclic) bond motifs is 1. The van der Waals surface area contributed by atoms with Crippen LogP contribution in [0.1, 0.15) is 6.23 Å². The fourth-order valence-corrected chi connectivity index (χ4v) is 2.17. The lowest BCUT2D eigenvalue weighted by atomic mass is 10.1. The average molecular weight is 348 g/mol. The fraction of sp³-hybridized carbons (Fsp3) is 0.500. The van der Waals surface area contributed by atoms with Crippen molar-refractivity contribution < 1.29 is 29.8 Å². The average Bonchev–Trinajstić information content (AvgIpc) is 3.02. The SMILES string of the molecule is NP(O)O.Nc1ncnc2c1ncn2[C@@H]1O[C@H](CO)[C@@H](O)[C@H]1O. The summed E-state index contributed by atoms with van der Waals surface area (Å²) in [5, 5.41) is 28.7. The summed E-state index contributed by atoms with van der Waals surface area (Å²) < 4.78 is 6.85. The number of anilines is 1. The molecule has 1 aliphatic rings. The Hall–Kier alpha value is -1.50. The van der Waals surface area contributed by atoms with Gasteiger partial charge < -0.3 is 35.6 Å². The standard InChI is InChI=1S/C10H13N5O4.H4NO2P/c11-8-5-9(13-2-12-8)15(3-14-5)10-7(18)6(17)4(1-16)19-10;1-4(2)3/h2-4,6-7,10,16-18H,1H2,(H2,11,12,13);2-3H,1H2/t4-,6-,7-,10-;/m1./s1. The van der Waals surface area contributed by atoms with Crippen LogP contribution in [-0.2, 0) is 4.74 Å². The summed E-state index contributed by atoms with van der Waals surface area (Å²) in [6.07, 6.45) is -1.42. The number of aromatic nitrogens is 4. The molecule has 4 atom stereocenters. The molecular weight excluding hydrogens is 331 g/mol. The van der Waals surface area contributed by atoms with E-state index in [9.17, 15) is 10.2 Å². The number of imidazole rings is 1. The third-order valence-electron chi connectivity index (χ3n) is 3.18. The molecule has 12 nitrogen and oxygen atoms in total. The van der Waals surface area contributed by atoms with E-state index in [1.165, 1.54) is 17.2 Å². The van der Waals surface area contributed by atoms with Crippen molar-refractivity contribution in [2.24, 2.45) is 5.50 Å². The molecule has 0 unspecified atom stereocenters. The van der Waals surface area contributed by atoms with Crippen molar-refractivity contribution in [3.8, 4) is 0 Å². The molecule has 0 amide bonds. The van der Waals surface area contributed by atoms with Crippen LogP contribution in [0.25, 0.3) is 11.2 Å². The first-order valence-electron chi connectivity index (χ1n) is 6.34. The summed E-state index contributed by atoms with van der Waals surface area (Å²) >= 11 is 0. The van der Waals surface area contributed by atoms with Crippen molar-refractivity contribution in [3.63, 3.8) is 0 Å². The molecule has 1 saturated heterocycles. The van der Waals surface area contributed by atoms with Gasteiger partial charge in [0.25, 0.3) is 0 Å². The van der Waals surface area contributed by atoms with Crippen molar-refractivity contribution in [1.29, 1.82) is 0 Å². The molecule has 9 N–H and O–H groups in total. The number of nitrogens with zero attached hydrogens (tertiary/aromatic N) is 4. The molecule has 0 aliphatic carbocycles. The molecule has 1 fully saturated rings. The van der Waals surface area contributed by atoms with Gasteiger partial charge >= 0.3 is 0 Å². The summed E-state index contributed by atoms with van der Waals surface area (Å²) in [5.41, 5.74) is 10.7. The van der Waals surface area contributed by atoms with E-state index in [1.54, 1.807) is 0 Å². The van der Waals surface area contributed by atoms with E-state index in [0.717, 1.165) is 0 Å². The number of aliphatic hydroxyl groups is 3. The monoisotopic (exact) mass is 348 g/mol. The van der Waals surface area contributed by atoms with Crippen molar-refractivity contribution in [3.05, 3.63) is 12.7 Å². The quantitative estimate of drug-likeness (QED) is 0.275. The first kappa shape index (κ1) is 17.8. The second kappa shape index (κ2) is 7.38. The normalized spacial score (nSPS) is 27.3. The maximum absolute atomic E-state index is 9.95. The van der Waals surface area contributed by atoms with Crippen LogP contribution in [-0.4, -0.2) is 69.5 Å². The second-order valence-electron chi connectivity index (χ2n) is 4.63. The van der Waals surface area contributed by atoms with Crippen molar-refractivity contribution >= 4 is 25.5 Å². The Morgan fingerprint density at radius 1 is 1.22 bits per heavy atom. The molecule has 1 aliphatic heterocycles. The van der Waals surface area contributed by atoms with E-state index in [1.807, 2.05) is 0 Å². The second-order valence-corrected chi connectivity index (χ2v) is 5.27. The van der Waals surface area contributed by atoms with Gasteiger partial charge in [-0.15, -0.1) is 0 Å². The van der Waals surface area contributed by atoms with E-state index in [4.69, 9.17) is 25.4 Å². The molecule has 2 aromatic rings. The lowest BCUT2D eigenvalue weighted by Gasteiger charge is -2.16. The molecule has 13 heteroatoms. The molecule has 2 aromatic heterocycles. The summed E-state index contributed by atoms with van der Waals surface area (Å²) in [7, 11) is -2.12. The molecule has 0 saturated carbocycles. The molecule has 0 spiro atoms. The van der Waals surface area contributed by atoms with Gasteiger partial charge in [0.05, 0.1) is 12.9 Å². The number of hydrogen-bond donors (Lipinski definition) is 7. The van der Waals surface area contributed by atoms with Crippen LogP contribution in [0.5, 0.6) is 0 Å². The predicted molar refractivity (Wildman–Crippen MR) is 78.3 cm³/mol. The van der Waals surface area contributed by atoms with E-state index in [0.29, 0.717) is 11.2 Å². The first-order valence-corrected chi connectivity index (χ1v) is 7.66. The minimum absolute atomic E-state index is 0.218. The van der Waals surface area contributed by atoms with Crippen LogP contribution >= 0.6 is 8.53 Å². The van der Waals surface area contributed by atoms with E-state index in [2.05, 4.69) is 20.5 Å². The molecule has 3 rings (SSSR count). The number of hydrogen-bond acceptors (Lipinski definition) is 11. The number of nitrogens with two attached hydrogens (primary N) is 2. The third kappa shape index (κ3) is 3.71. The summed E-state index contributed by atoms with van der Waals surface area (Å²) in [6, 6.07) is 0. The van der Waals surface area contributed by atoms with Crippen molar-refractivity contribution in [2.45, 2.75) is 24.5 Å². The summed E-state index contributed by atoms with van der Waals surface area (Å²) in [4.78, 5) is 26.8. The van der Waals surface area contributed by atoms with Crippen LogP contribution < -0.4 is 11.2 Å². The molecule has 3 heterocycles. The van der Waals surface area contributed by atoms with E-state index in [-0.39, 0.29) is 5.82 Å². The minimum atomic E-state index is -2.12. The zero-order chi connectivity index (χ0) is 17.1. The fourth-order valence-electron chi connectivity index (χ4n) is 2.17. The highest BCUT2D eigenvalue weighted by molar-refractivity contribution is 7.42. The summed E-state index contributed by atoms with van der Waals surface area (Å²) in [6.45, 7) is -0.390. The van der Waals surface area contributed by atoms with Gasteiger partial charge in [0.15, 0.2) is 17.7 Å². The van der Waals surface area contributed by atoms with Gasteiger partial charge in [0.2, 0.25) is 8.53 Å². The topological polar surface area (TPSA) is 206 Å². The van der Waals surface area contributed by atoms with Crippen LogP contribution in [0.3, 0.4) is 0 Å². The lowest BCUT2D eigenvalue weighted by molar-refractivity contribution is -0.0511. The molecule has 128 valence electrons. The maximum Gasteiger partial charge on any atom is 0.247 e. The minimum Gasteiger partial charge on any atom is -0.394 e. The molecule has 0 radical (unpaired) electrons. The Balaban J connectivity index is 0.000000433. The third-order valence-corrected chi connectivity index (χ3v) is 3.18. The zero-order valence-corrected chi connectivity index (χ0v) is 12.6. The van der Waals surface area contributed by atoms with Gasteiger partial charge in [-0.25, -0.2) is 15.0 Å². The first-order chi connectivity index (χ1) is 10.9. The Morgan fingerprint density at radius 3 is 2.43 bits per heavy atom. The maximum atomic E-state index is 9.95. The van der Waals surface area contributed by atoms with Gasteiger partial charge in [0.1, 0.15) is 30.2 Å². The number of ether oxygens (including phenoxy) is 1. The highest BCUT2D eigenvalue weighted by Gasteiger charge is 2.43. The lowest BCUT2D eigenvalue weighted by Crippen LogP contribution is -2.33. The predicted octanol–water partition coefficient (Wildman–Crippen LogP) is -2.82. The molecule has 0 bridgehead atoms. The highest BCUT2D eigenvalue weighted by atomic mass is 31.2. The zero-order valence-electron chi connectivity index (χ0n) is 11.7.